The number of carbonyl (C=O) groups is 1. The van der Waals surface area contributed by atoms with Crippen molar-refractivity contribution in [2.45, 2.75) is 39.1 Å². The van der Waals surface area contributed by atoms with Crippen LogP contribution in [0.2, 0.25) is 5.02 Å². The van der Waals surface area contributed by atoms with Crippen molar-refractivity contribution in [1.29, 1.82) is 0 Å². The molecule has 36 heavy (non-hydrogen) atoms. The molecule has 1 fully saturated rings. The summed E-state index contributed by atoms with van der Waals surface area (Å²) in [6, 6.07) is 18.2. The molecular formula is C28H34ClN5O2. The van der Waals surface area contributed by atoms with Gasteiger partial charge in [-0.1, -0.05) is 54.1 Å². The number of hydrogen-bond donors (Lipinski definition) is 1. The summed E-state index contributed by atoms with van der Waals surface area (Å²) in [6.07, 6.45) is 0.221. The van der Waals surface area contributed by atoms with E-state index in [0.717, 1.165) is 61.7 Å². The molecule has 0 radical (unpaired) electrons. The van der Waals surface area contributed by atoms with Crippen molar-refractivity contribution in [3.63, 3.8) is 0 Å². The number of β-amino-alcohol motifs (C(OH)–C–C–N with tert-alkyl or cyclic N) is 1. The van der Waals surface area contributed by atoms with E-state index in [1.807, 2.05) is 33.8 Å². The van der Waals surface area contributed by atoms with Crippen LogP contribution in [-0.4, -0.2) is 80.9 Å². The number of aromatic nitrogens is 2. The van der Waals surface area contributed by atoms with Gasteiger partial charge in [0.25, 0.3) is 0 Å². The van der Waals surface area contributed by atoms with Crippen molar-refractivity contribution in [3.8, 4) is 11.3 Å². The third-order valence-electron chi connectivity index (χ3n) is 7.26. The Morgan fingerprint density at radius 2 is 1.67 bits per heavy atom. The van der Waals surface area contributed by atoms with Crippen LogP contribution < -0.4 is 0 Å². The molecule has 0 spiro atoms. The number of aliphatic hydroxyl groups is 1. The van der Waals surface area contributed by atoms with Gasteiger partial charge in [0.05, 0.1) is 18.3 Å². The standard InChI is InChI=1S/C28H34ClN5O2/c1-21(35)33-12-11-27-26(20-33)28(23-7-9-24(29)10-8-23)30-34(27)19-25(36)18-32-15-13-31(14-16-32)17-22-5-3-2-4-6-22/h2-10,25,36H,11-20H2,1H3. The molecule has 1 saturated heterocycles. The molecule has 1 amide bonds. The molecule has 2 aliphatic rings. The summed E-state index contributed by atoms with van der Waals surface area (Å²) in [5.41, 5.74) is 5.37. The Morgan fingerprint density at radius 1 is 0.972 bits per heavy atom. The van der Waals surface area contributed by atoms with E-state index in [9.17, 15) is 9.90 Å². The maximum atomic E-state index is 12.1. The Kier molecular flexibility index (Phi) is 7.72. The molecule has 0 saturated carbocycles. The number of rotatable bonds is 7. The average Bonchev–Trinajstić information content (AvgIpc) is 3.23. The first-order valence-corrected chi connectivity index (χ1v) is 13.1. The zero-order valence-electron chi connectivity index (χ0n) is 20.8. The topological polar surface area (TPSA) is 64.8 Å². The van der Waals surface area contributed by atoms with Gasteiger partial charge in [-0.2, -0.15) is 5.10 Å². The lowest BCUT2D eigenvalue weighted by atomic mass is 10.0. The Balaban J connectivity index is 1.24. The number of amides is 1. The lowest BCUT2D eigenvalue weighted by Gasteiger charge is -2.35. The van der Waals surface area contributed by atoms with E-state index in [2.05, 4.69) is 40.1 Å². The lowest BCUT2D eigenvalue weighted by molar-refractivity contribution is -0.129. The Labute approximate surface area is 217 Å². The molecule has 3 heterocycles. The molecule has 1 atom stereocenters. The van der Waals surface area contributed by atoms with Crippen molar-refractivity contribution in [2.75, 3.05) is 39.3 Å². The first-order chi connectivity index (χ1) is 17.5. The zero-order valence-corrected chi connectivity index (χ0v) is 21.6. The van der Waals surface area contributed by atoms with Gasteiger partial charge in [-0.05, 0) is 17.7 Å². The minimum atomic E-state index is -0.515. The van der Waals surface area contributed by atoms with Gasteiger partial charge >= 0.3 is 0 Å². The van der Waals surface area contributed by atoms with Crippen molar-refractivity contribution in [2.24, 2.45) is 0 Å². The molecule has 7 nitrogen and oxygen atoms in total. The molecule has 2 aliphatic heterocycles. The van der Waals surface area contributed by atoms with Crippen LogP contribution in [0.3, 0.4) is 0 Å². The van der Waals surface area contributed by atoms with Crippen molar-refractivity contribution in [3.05, 3.63) is 76.4 Å². The third kappa shape index (κ3) is 5.81. The molecule has 0 bridgehead atoms. The van der Waals surface area contributed by atoms with Gasteiger partial charge in [-0.15, -0.1) is 0 Å². The van der Waals surface area contributed by atoms with E-state index in [1.165, 1.54) is 5.56 Å². The Hall–Kier alpha value is -2.71. The minimum Gasteiger partial charge on any atom is -0.390 e. The lowest BCUT2D eigenvalue weighted by Crippen LogP contribution is -2.48. The quantitative estimate of drug-likeness (QED) is 0.531. The highest BCUT2D eigenvalue weighted by molar-refractivity contribution is 6.30. The van der Waals surface area contributed by atoms with Crippen LogP contribution in [0.5, 0.6) is 0 Å². The Morgan fingerprint density at radius 3 is 2.36 bits per heavy atom. The SMILES string of the molecule is CC(=O)N1CCc2c(c(-c3ccc(Cl)cc3)nn2CC(O)CN2CCN(Cc3ccccc3)CC2)C1. The number of aliphatic hydroxyl groups excluding tert-OH is 1. The van der Waals surface area contributed by atoms with E-state index in [0.29, 0.717) is 31.2 Å². The van der Waals surface area contributed by atoms with Gasteiger partial charge in [-0.25, -0.2) is 0 Å². The normalized spacial score (nSPS) is 17.7. The molecular weight excluding hydrogens is 474 g/mol. The molecule has 2 aromatic carbocycles. The highest BCUT2D eigenvalue weighted by atomic mass is 35.5. The van der Waals surface area contributed by atoms with Gasteiger partial charge in [0.15, 0.2) is 0 Å². The number of carbonyl (C=O) groups excluding carboxylic acids is 1. The van der Waals surface area contributed by atoms with Crippen LogP contribution in [0.4, 0.5) is 0 Å². The summed E-state index contributed by atoms with van der Waals surface area (Å²) >= 11 is 6.10. The summed E-state index contributed by atoms with van der Waals surface area (Å²) in [6.45, 7) is 8.78. The van der Waals surface area contributed by atoms with Crippen LogP contribution in [-0.2, 0) is 30.8 Å². The van der Waals surface area contributed by atoms with E-state index in [1.54, 1.807) is 6.92 Å². The second-order valence-corrected chi connectivity index (χ2v) is 10.3. The van der Waals surface area contributed by atoms with Crippen LogP contribution in [0, 0.1) is 0 Å². The summed E-state index contributed by atoms with van der Waals surface area (Å²) in [7, 11) is 0. The van der Waals surface area contributed by atoms with Crippen molar-refractivity contribution < 1.29 is 9.90 Å². The van der Waals surface area contributed by atoms with E-state index >= 15 is 0 Å². The molecule has 8 heteroatoms. The molecule has 3 aromatic rings. The third-order valence-corrected chi connectivity index (χ3v) is 7.52. The summed E-state index contributed by atoms with van der Waals surface area (Å²) in [5, 5.41) is 16.6. The molecule has 1 unspecified atom stereocenters. The predicted octanol–water partition coefficient (Wildman–Crippen LogP) is 3.29. The van der Waals surface area contributed by atoms with Gasteiger partial charge < -0.3 is 10.0 Å². The summed E-state index contributed by atoms with van der Waals surface area (Å²) in [5.74, 6) is 0.0712. The molecule has 190 valence electrons. The number of halogens is 1. The van der Waals surface area contributed by atoms with Crippen LogP contribution >= 0.6 is 11.6 Å². The van der Waals surface area contributed by atoms with Gasteiger partial charge in [0.2, 0.25) is 5.91 Å². The fourth-order valence-electron chi connectivity index (χ4n) is 5.28. The van der Waals surface area contributed by atoms with Crippen LogP contribution in [0.25, 0.3) is 11.3 Å². The smallest absolute Gasteiger partial charge is 0.219 e. The fourth-order valence-corrected chi connectivity index (χ4v) is 5.40. The van der Waals surface area contributed by atoms with Crippen LogP contribution in [0.1, 0.15) is 23.7 Å². The highest BCUT2D eigenvalue weighted by Gasteiger charge is 2.28. The van der Waals surface area contributed by atoms with Gasteiger partial charge in [0, 0.05) is 87.5 Å². The fraction of sp³-hybridized carbons (Fsp3) is 0.429. The second kappa shape index (κ2) is 11.1. The maximum absolute atomic E-state index is 12.1. The number of hydrogen-bond acceptors (Lipinski definition) is 5. The monoisotopic (exact) mass is 507 g/mol. The zero-order chi connectivity index (χ0) is 25.1. The van der Waals surface area contributed by atoms with E-state index in [-0.39, 0.29) is 5.91 Å². The predicted molar refractivity (Wildman–Crippen MR) is 142 cm³/mol. The first kappa shape index (κ1) is 25.0. The minimum absolute atomic E-state index is 0.0712. The molecule has 0 aliphatic carbocycles. The maximum Gasteiger partial charge on any atom is 0.219 e. The number of nitrogens with zero attached hydrogens (tertiary/aromatic N) is 5. The number of piperazine rings is 1. The highest BCUT2D eigenvalue weighted by Crippen LogP contribution is 2.31. The molecule has 1 N–H and O–H groups in total. The van der Waals surface area contributed by atoms with Gasteiger partial charge in [0.1, 0.15) is 0 Å². The Bertz CT molecular complexity index is 1170. The summed E-state index contributed by atoms with van der Waals surface area (Å²) in [4.78, 5) is 18.7. The van der Waals surface area contributed by atoms with Crippen LogP contribution in [0.15, 0.2) is 54.6 Å². The van der Waals surface area contributed by atoms with Crippen molar-refractivity contribution >= 4 is 17.5 Å². The van der Waals surface area contributed by atoms with E-state index < -0.39 is 6.10 Å². The summed E-state index contributed by atoms with van der Waals surface area (Å²) < 4.78 is 1.97. The number of benzene rings is 2. The average molecular weight is 508 g/mol. The number of fused-ring (bicyclic) bond motifs is 1. The van der Waals surface area contributed by atoms with E-state index in [4.69, 9.17) is 16.7 Å². The first-order valence-electron chi connectivity index (χ1n) is 12.7. The second-order valence-electron chi connectivity index (χ2n) is 9.87. The molecule has 5 rings (SSSR count). The van der Waals surface area contributed by atoms with Crippen molar-refractivity contribution in [1.82, 2.24) is 24.5 Å². The largest absolute Gasteiger partial charge is 0.390 e. The molecule has 1 aromatic heterocycles. The van der Waals surface area contributed by atoms with Gasteiger partial charge in [-0.3, -0.25) is 19.3 Å².